The lowest BCUT2D eigenvalue weighted by Gasteiger charge is -2.02. The van der Waals surface area contributed by atoms with Crippen LogP contribution in [0.25, 0.3) is 0 Å². The van der Waals surface area contributed by atoms with Gasteiger partial charge in [0.05, 0.1) is 6.54 Å². The van der Waals surface area contributed by atoms with Gasteiger partial charge in [-0.1, -0.05) is 31.2 Å². The first kappa shape index (κ1) is 10.3. The van der Waals surface area contributed by atoms with Crippen LogP contribution in [-0.2, 0) is 13.0 Å². The Morgan fingerprint density at radius 3 is 2.40 bits per heavy atom. The second kappa shape index (κ2) is 4.53. The molecule has 5 heteroatoms. The smallest absolute Gasteiger partial charge is 0.216 e. The topological polar surface area (TPSA) is 43.6 Å². The van der Waals surface area contributed by atoms with Gasteiger partial charge in [-0.05, 0) is 43.9 Å². The van der Waals surface area contributed by atoms with E-state index in [1.807, 2.05) is 0 Å². The molecule has 0 radical (unpaired) electrons. The molecule has 0 spiro atoms. The number of hydrogen-bond donors (Lipinski definition) is 0. The van der Waals surface area contributed by atoms with E-state index in [0.29, 0.717) is 11.3 Å². The van der Waals surface area contributed by atoms with E-state index >= 15 is 0 Å². The molecule has 0 aliphatic rings. The van der Waals surface area contributed by atoms with Crippen LogP contribution in [0.5, 0.6) is 0 Å². The molecular formula is C10H11BrN4. The molecule has 0 atom stereocenters. The summed E-state index contributed by atoms with van der Waals surface area (Å²) in [5.41, 5.74) is 2.54. The lowest BCUT2D eigenvalue weighted by atomic mass is 10.1. The second-order valence-corrected chi connectivity index (χ2v) is 3.98. The highest BCUT2D eigenvalue weighted by atomic mass is 79.9. The molecule has 0 aliphatic heterocycles. The summed E-state index contributed by atoms with van der Waals surface area (Å²) in [7, 11) is 0. The van der Waals surface area contributed by atoms with Gasteiger partial charge in [-0.2, -0.15) is 0 Å². The first-order valence-corrected chi connectivity index (χ1v) is 5.58. The van der Waals surface area contributed by atoms with Crippen LogP contribution in [0, 0.1) is 0 Å². The molecule has 0 amide bonds. The summed E-state index contributed by atoms with van der Waals surface area (Å²) < 4.78 is 2.36. The van der Waals surface area contributed by atoms with Crippen molar-refractivity contribution in [2.75, 3.05) is 0 Å². The summed E-state index contributed by atoms with van der Waals surface area (Å²) in [5.74, 6) is 0. The Kier molecular flexibility index (Phi) is 3.11. The summed E-state index contributed by atoms with van der Waals surface area (Å²) in [6, 6.07) is 8.47. The van der Waals surface area contributed by atoms with Crippen LogP contribution in [0.4, 0.5) is 0 Å². The minimum Gasteiger partial charge on any atom is -0.216 e. The maximum Gasteiger partial charge on any atom is 0.218 e. The van der Waals surface area contributed by atoms with Gasteiger partial charge in [-0.3, -0.25) is 0 Å². The van der Waals surface area contributed by atoms with Crippen molar-refractivity contribution in [3.63, 3.8) is 0 Å². The van der Waals surface area contributed by atoms with Crippen molar-refractivity contribution >= 4 is 15.9 Å². The Morgan fingerprint density at radius 1 is 1.20 bits per heavy atom. The second-order valence-electron chi connectivity index (χ2n) is 3.28. The molecule has 1 heterocycles. The summed E-state index contributed by atoms with van der Waals surface area (Å²) >= 11 is 3.28. The van der Waals surface area contributed by atoms with Gasteiger partial charge >= 0.3 is 0 Å². The first-order chi connectivity index (χ1) is 7.29. The van der Waals surface area contributed by atoms with E-state index in [2.05, 4.69) is 62.6 Å². The van der Waals surface area contributed by atoms with E-state index in [-0.39, 0.29) is 0 Å². The molecule has 1 aromatic carbocycles. The molecule has 2 aromatic rings. The van der Waals surface area contributed by atoms with E-state index < -0.39 is 0 Å². The fourth-order valence-corrected chi connectivity index (χ4v) is 1.61. The fourth-order valence-electron chi connectivity index (χ4n) is 1.34. The maximum atomic E-state index is 3.86. The standard InChI is InChI=1S/C10H11BrN4/c1-2-8-3-5-9(6-4-8)7-15-10(11)12-13-14-15/h3-6H,2,7H2,1H3. The van der Waals surface area contributed by atoms with Crippen molar-refractivity contribution in [2.24, 2.45) is 0 Å². The minimum absolute atomic E-state index is 0.655. The molecule has 0 aliphatic carbocycles. The molecule has 0 fully saturated rings. The number of nitrogens with zero attached hydrogens (tertiary/aromatic N) is 4. The van der Waals surface area contributed by atoms with E-state index in [1.54, 1.807) is 4.68 Å². The highest BCUT2D eigenvalue weighted by molar-refractivity contribution is 9.10. The fraction of sp³-hybridized carbons (Fsp3) is 0.300. The molecule has 4 nitrogen and oxygen atoms in total. The largest absolute Gasteiger partial charge is 0.218 e. The normalized spacial score (nSPS) is 10.5. The molecule has 0 saturated carbocycles. The number of aryl methyl sites for hydroxylation is 1. The minimum atomic E-state index is 0.655. The lowest BCUT2D eigenvalue weighted by Crippen LogP contribution is -2.02. The van der Waals surface area contributed by atoms with E-state index in [1.165, 1.54) is 11.1 Å². The monoisotopic (exact) mass is 266 g/mol. The summed E-state index contributed by atoms with van der Waals surface area (Å²) in [5, 5.41) is 11.2. The van der Waals surface area contributed by atoms with Gasteiger partial charge in [-0.15, -0.1) is 5.10 Å². The van der Waals surface area contributed by atoms with Crippen molar-refractivity contribution < 1.29 is 0 Å². The molecule has 0 saturated heterocycles. The Labute approximate surface area is 96.4 Å². The molecular weight excluding hydrogens is 256 g/mol. The molecule has 0 N–H and O–H groups in total. The lowest BCUT2D eigenvalue weighted by molar-refractivity contribution is 0.637. The quantitative estimate of drug-likeness (QED) is 0.854. The number of benzene rings is 1. The molecule has 1 aromatic heterocycles. The Balaban J connectivity index is 2.14. The van der Waals surface area contributed by atoms with Crippen LogP contribution in [0.2, 0.25) is 0 Å². The van der Waals surface area contributed by atoms with E-state index in [9.17, 15) is 0 Å². The number of rotatable bonds is 3. The SMILES string of the molecule is CCc1ccc(Cn2nnnc2Br)cc1. The van der Waals surface area contributed by atoms with Gasteiger partial charge in [0.15, 0.2) is 0 Å². The highest BCUT2D eigenvalue weighted by Crippen LogP contribution is 2.09. The van der Waals surface area contributed by atoms with Crippen LogP contribution < -0.4 is 0 Å². The van der Waals surface area contributed by atoms with Crippen molar-refractivity contribution in [3.05, 3.63) is 40.1 Å². The van der Waals surface area contributed by atoms with Gasteiger partial charge in [-0.25, -0.2) is 4.68 Å². The Bertz CT molecular complexity index is 435. The average Bonchev–Trinajstić information content (AvgIpc) is 2.66. The predicted octanol–water partition coefficient (Wildman–Crippen LogP) is 2.05. The van der Waals surface area contributed by atoms with Crippen molar-refractivity contribution in [2.45, 2.75) is 19.9 Å². The van der Waals surface area contributed by atoms with Gasteiger partial charge < -0.3 is 0 Å². The molecule has 78 valence electrons. The van der Waals surface area contributed by atoms with Crippen molar-refractivity contribution in [1.82, 2.24) is 20.2 Å². The maximum absolute atomic E-state index is 3.86. The van der Waals surface area contributed by atoms with Crippen LogP contribution in [0.1, 0.15) is 18.1 Å². The third-order valence-electron chi connectivity index (χ3n) is 2.25. The highest BCUT2D eigenvalue weighted by Gasteiger charge is 2.02. The number of aromatic nitrogens is 4. The predicted molar refractivity (Wildman–Crippen MR) is 60.4 cm³/mol. The Morgan fingerprint density at radius 2 is 1.87 bits per heavy atom. The van der Waals surface area contributed by atoms with Gasteiger partial charge in [0.1, 0.15) is 0 Å². The molecule has 0 unspecified atom stereocenters. The number of hydrogen-bond acceptors (Lipinski definition) is 3. The zero-order valence-corrected chi connectivity index (χ0v) is 9.98. The third-order valence-corrected chi connectivity index (χ3v) is 2.82. The zero-order valence-electron chi connectivity index (χ0n) is 8.39. The zero-order chi connectivity index (χ0) is 10.7. The van der Waals surface area contributed by atoms with Crippen molar-refractivity contribution in [3.8, 4) is 0 Å². The Hall–Kier alpha value is -1.23. The average molecular weight is 267 g/mol. The summed E-state index contributed by atoms with van der Waals surface area (Å²) in [6.45, 7) is 2.84. The molecule has 15 heavy (non-hydrogen) atoms. The first-order valence-electron chi connectivity index (χ1n) is 4.79. The van der Waals surface area contributed by atoms with Gasteiger partial charge in [0, 0.05) is 0 Å². The summed E-state index contributed by atoms with van der Waals surface area (Å²) in [4.78, 5) is 0. The third kappa shape index (κ3) is 2.41. The van der Waals surface area contributed by atoms with Crippen LogP contribution in [-0.4, -0.2) is 20.2 Å². The van der Waals surface area contributed by atoms with Gasteiger partial charge in [0.25, 0.3) is 0 Å². The number of tetrazole rings is 1. The number of halogens is 1. The van der Waals surface area contributed by atoms with Crippen LogP contribution in [0.3, 0.4) is 0 Å². The van der Waals surface area contributed by atoms with Crippen LogP contribution >= 0.6 is 15.9 Å². The summed E-state index contributed by atoms with van der Waals surface area (Å²) in [6.07, 6.45) is 1.06. The van der Waals surface area contributed by atoms with E-state index in [4.69, 9.17) is 0 Å². The van der Waals surface area contributed by atoms with Crippen molar-refractivity contribution in [1.29, 1.82) is 0 Å². The molecule has 0 bridgehead atoms. The van der Waals surface area contributed by atoms with Gasteiger partial charge in [0.2, 0.25) is 4.73 Å². The molecule has 2 rings (SSSR count). The van der Waals surface area contributed by atoms with Crippen LogP contribution in [0.15, 0.2) is 29.0 Å². The van der Waals surface area contributed by atoms with E-state index in [0.717, 1.165) is 6.42 Å².